The topological polar surface area (TPSA) is 362 Å². The van der Waals surface area contributed by atoms with Crippen LogP contribution in [0.3, 0.4) is 0 Å². The molecule has 131 heavy (non-hydrogen) atoms. The number of carbonyl (C=O) groups is 3. The van der Waals surface area contributed by atoms with Gasteiger partial charge in [-0.1, -0.05) is 29.5 Å². The second-order valence-electron chi connectivity index (χ2n) is 30.7. The summed E-state index contributed by atoms with van der Waals surface area (Å²) in [4.78, 5) is 117. The number of benzene rings is 4. The number of halogens is 6. The van der Waals surface area contributed by atoms with Crippen molar-refractivity contribution in [2.24, 2.45) is 0 Å². The second-order valence-corrected chi connectivity index (χ2v) is 32.2. The number of rotatable bonds is 13. The van der Waals surface area contributed by atoms with Gasteiger partial charge in [0.15, 0.2) is 46.3 Å². The Morgan fingerprint density at radius 1 is 0.450 bits per heavy atom. The number of hydrogen-bond donors (Lipinski definition) is 5. The van der Waals surface area contributed by atoms with Crippen molar-refractivity contribution in [1.82, 2.24) is 58.0 Å². The Kier molecular flexibility index (Phi) is 42.3. The summed E-state index contributed by atoms with van der Waals surface area (Å²) in [5, 5.41) is 40.7. The number of nitrogens with one attached hydrogen (secondary N) is 2. The number of aromatic nitrogens is 8. The van der Waals surface area contributed by atoms with Crippen LogP contribution < -0.4 is 170 Å². The van der Waals surface area contributed by atoms with Crippen LogP contribution in [0.2, 0.25) is 0 Å². The molecule has 0 bridgehead atoms. The van der Waals surface area contributed by atoms with Crippen LogP contribution in [0.5, 0.6) is 23.0 Å². The molecule has 12 aromatic rings. The van der Waals surface area contributed by atoms with Gasteiger partial charge in [-0.25, -0.2) is 47.1 Å². The van der Waals surface area contributed by atoms with Crippen molar-refractivity contribution in [2.75, 3.05) is 156 Å². The van der Waals surface area contributed by atoms with Gasteiger partial charge in [0.2, 0.25) is 0 Å². The average molecular weight is 1980 g/mol. The number of aliphatic hydroxyl groups is 1. The van der Waals surface area contributed by atoms with Crippen molar-refractivity contribution in [3.05, 3.63) is 235 Å². The molecule has 5 N–H and O–H groups in total. The Labute approximate surface area is 854 Å². The molecular weight excluding hydrogens is 1870 g/mol. The smallest absolute Gasteiger partial charge is 1.00 e. The molecule has 2 amide bonds. The van der Waals surface area contributed by atoms with E-state index in [2.05, 4.69) is 84.6 Å². The van der Waals surface area contributed by atoms with Crippen molar-refractivity contribution in [3.8, 4) is 68.0 Å². The van der Waals surface area contributed by atoms with Gasteiger partial charge in [-0.15, -0.1) is 0 Å². The van der Waals surface area contributed by atoms with E-state index in [1.54, 1.807) is 78.6 Å². The second kappa shape index (κ2) is 52.0. The number of anilines is 4. The summed E-state index contributed by atoms with van der Waals surface area (Å²) in [7, 11) is 0. The fourth-order valence-corrected chi connectivity index (χ4v) is 13.7. The quantitative estimate of drug-likeness (QED) is 0.0185. The first-order valence-corrected chi connectivity index (χ1v) is 42.7. The van der Waals surface area contributed by atoms with E-state index in [4.69, 9.17) is 35.5 Å². The number of nitrogens with zero attached hydrogens (tertiary/aromatic N) is 14. The Morgan fingerprint density at radius 2 is 0.695 bits per heavy atom. The Morgan fingerprint density at radius 3 is 0.924 bits per heavy atom. The van der Waals surface area contributed by atoms with Crippen molar-refractivity contribution in [2.45, 2.75) is 73.5 Å². The van der Waals surface area contributed by atoms with E-state index in [0.717, 1.165) is 88.3 Å². The number of carbonyl (C=O) groups excluding carboxylic acids is 3. The van der Waals surface area contributed by atoms with Crippen LogP contribution in [0.4, 0.5) is 54.3 Å². The van der Waals surface area contributed by atoms with E-state index >= 15 is 0 Å². The van der Waals surface area contributed by atoms with E-state index in [-0.39, 0.29) is 157 Å². The molecule has 4 saturated heterocycles. The van der Waals surface area contributed by atoms with Crippen LogP contribution in [-0.2, 0) is 19.2 Å². The van der Waals surface area contributed by atoms with Gasteiger partial charge in [0.1, 0.15) is 33.8 Å². The van der Waals surface area contributed by atoms with E-state index in [1.807, 2.05) is 78.1 Å². The van der Waals surface area contributed by atoms with Gasteiger partial charge in [0.25, 0.3) is 28.7 Å². The summed E-state index contributed by atoms with van der Waals surface area (Å²) >= 11 is 2.29. The minimum absolute atomic E-state index is 0. The van der Waals surface area contributed by atoms with Gasteiger partial charge >= 0.3 is 115 Å². The van der Waals surface area contributed by atoms with E-state index in [9.17, 15) is 60.9 Å². The third kappa shape index (κ3) is 30.4. The van der Waals surface area contributed by atoms with Crippen molar-refractivity contribution in [1.29, 1.82) is 0 Å². The number of amides is 2. The van der Waals surface area contributed by atoms with Gasteiger partial charge in [-0.05, 0) is 181 Å². The van der Waals surface area contributed by atoms with Crippen molar-refractivity contribution in [3.63, 3.8) is 0 Å². The summed E-state index contributed by atoms with van der Waals surface area (Å²) in [5.74, 6) is -3.00. The SMILES string of the molecule is CC(C)(C)OC(=O)N1CCN(c2ccc3nc(-c4ccc(O)c(F)c4)cc(=O)n3c2)CC1.CCI.CCOc1ccc(-c2cc(=O)n3cc(N4CCN(C(=O)OC(C)(C)C)CC4)ccc3n2)cc1F.CCOc1ccc(-c2cc(=O)n3cc(N4CCNCC4)ccc3n2)cc1F.CO.O=CO[O-].O=c1cc(-c2ccc(O)c(F)c2)nc2ccc(N3CCNCC3)cn12.[2H]CF.[H-].[K+].[K+]. The average Bonchev–Trinajstić information content (AvgIpc) is 0.787. The number of pyridine rings is 4. The molecule has 690 valence electrons. The normalized spacial score (nSPS) is 13.6. The van der Waals surface area contributed by atoms with Gasteiger partial charge in [-0.2, -0.15) is 0 Å². The molecule has 4 fully saturated rings. The first-order chi connectivity index (χ1) is 62.3. The van der Waals surface area contributed by atoms with E-state index < -0.39 is 53.1 Å². The Balaban J connectivity index is 0.000000261. The molecule has 4 aliphatic rings. The number of piperazine rings is 4. The maximum Gasteiger partial charge on any atom is 1.00 e. The van der Waals surface area contributed by atoms with E-state index in [1.165, 1.54) is 94.8 Å². The fraction of sp³-hybridized carbons (Fsp3) is 0.352. The molecule has 4 aromatic carbocycles. The predicted octanol–water partition coefficient (Wildman–Crippen LogP) is 5.34. The number of fused-ring (bicyclic) bond motifs is 4. The number of phenols is 2. The first-order valence-electron chi connectivity index (χ1n) is 41.9. The number of aromatic hydroxyl groups is 2. The van der Waals surface area contributed by atoms with Crippen molar-refractivity contribution >= 4 is 86.6 Å². The predicted molar refractivity (Wildman–Crippen MR) is 491 cm³/mol. The molecule has 16 rings (SSSR count). The van der Waals surface area contributed by atoms with Gasteiger partial charge in [0, 0.05) is 183 Å². The van der Waals surface area contributed by atoms with E-state index in [0.29, 0.717) is 133 Å². The van der Waals surface area contributed by atoms with Gasteiger partial charge in [0.05, 0.1) is 67.3 Å². The zero-order valence-corrected chi connectivity index (χ0v) is 83.5. The number of aliphatic hydroxyl groups excluding tert-OH is 1. The molecule has 12 heterocycles. The number of phenolic OH excluding ortho intramolecular Hbond substituents is 2. The van der Waals surface area contributed by atoms with Crippen LogP contribution in [0.15, 0.2) is 190 Å². The molecule has 0 radical (unpaired) electrons. The minimum atomic E-state index is -1.00. The molecule has 0 spiro atoms. The van der Waals surface area contributed by atoms with Gasteiger partial charge in [-0.3, -0.25) is 46.0 Å². The Bertz CT molecular complexity index is 6120. The molecular formula is C91H106F5IK2N16O16. The molecule has 0 unspecified atom stereocenters. The van der Waals surface area contributed by atoms with Crippen molar-refractivity contribution < 1.29 is 186 Å². The molecule has 4 aliphatic heterocycles. The summed E-state index contributed by atoms with van der Waals surface area (Å²) in [6.07, 6.45) is 6.43. The summed E-state index contributed by atoms with van der Waals surface area (Å²) in [6, 6.07) is 37.3. The molecule has 8 aromatic heterocycles. The van der Waals surface area contributed by atoms with Gasteiger partial charge < -0.3 is 85.9 Å². The summed E-state index contributed by atoms with van der Waals surface area (Å²) in [6.45, 7) is 29.1. The summed E-state index contributed by atoms with van der Waals surface area (Å²) in [5.41, 5.74) is 6.97. The molecule has 0 saturated carbocycles. The van der Waals surface area contributed by atoms with Crippen LogP contribution in [0, 0.1) is 23.3 Å². The van der Waals surface area contributed by atoms with Crippen LogP contribution in [0.25, 0.3) is 67.6 Å². The molecule has 0 aliphatic carbocycles. The largest absolute Gasteiger partial charge is 1.00 e. The number of alkyl halides is 2. The summed E-state index contributed by atoms with van der Waals surface area (Å²) < 4.78 is 99.7. The standard InChI is InChI=1S/C25H29FN4O4.C23H25FN4O4.C20H21FN4O2.C18H17FN4O2.C2H5I.CH3F.CH2O3.CH4O.2K.H/c1-5-33-21-8-6-17(14-19(21)26)20-15-23(31)30-16-18(7-9-22(30)27-20)28-10-12-29(13-11-28)24(32)34-25(2,3)4;1-23(2,3)32-22(31)27-10-8-26(9-11-27)16-5-7-20-25-18(13-21(30)28(20)14-16)15-4-6-19(29)17(24)12-15;1-2-27-18-5-3-14(11-16(18)21)17-12-20(26)25-13-15(4-6-19(25)23-17)24-9-7-22-8-10-24;19-14-9-12(1-3-16(14)24)15-10-18(25)23-11-13(2-4-17(23)21-15)22-7-5-20-6-8-22;1-2-3;1-2;2-1-4-3;1-2;;;/h6-9,14-16H,5,10-13H2,1-4H3;4-7,12-14,29H,8-11H2,1-3H3;3-6,11-13,22H,2,7-10H2,1H3;1-4,9-11,20,24H,5-8H2;2H2,1H3;1H3;1,3H;2H,1H3;;;/q;;;;;;;;2*+1;-1/p-1/i;;;;;1D;;;;;. The Hall–Kier alpha value is -9.78. The third-order valence-electron chi connectivity index (χ3n) is 19.7. The minimum Gasteiger partial charge on any atom is -1.00 e. The maximum atomic E-state index is 14.3. The maximum absolute atomic E-state index is 14.3. The molecule has 0 atom stereocenters. The van der Waals surface area contributed by atoms with Crippen LogP contribution >= 0.6 is 22.6 Å². The zero-order valence-electron chi connectivity index (χ0n) is 77.1. The van der Waals surface area contributed by atoms with Crippen LogP contribution in [-0.4, -0.2) is 229 Å². The molecule has 40 heteroatoms. The number of ether oxygens (including phenoxy) is 4. The fourth-order valence-electron chi connectivity index (χ4n) is 13.7. The number of hydrogen-bond acceptors (Lipinski definition) is 26. The molecule has 32 nitrogen and oxygen atoms in total. The van der Waals surface area contributed by atoms with Crippen LogP contribution in [0.1, 0.15) is 65.1 Å². The third-order valence-corrected chi connectivity index (χ3v) is 19.7. The first kappa shape index (κ1) is 107. The zero-order chi connectivity index (χ0) is 94.5. The monoisotopic (exact) mass is 1980 g/mol.